The predicted octanol–water partition coefficient (Wildman–Crippen LogP) is 0.589. The molecule has 1 N–H and O–H groups in total. The van der Waals surface area contributed by atoms with Gasteiger partial charge in [0.15, 0.2) is 0 Å². The largest absolute Gasteiger partial charge is 0.481 e. The zero-order valence-electron chi connectivity index (χ0n) is 10.1. The minimum Gasteiger partial charge on any atom is -0.481 e. The highest BCUT2D eigenvalue weighted by atomic mass is 16.4. The van der Waals surface area contributed by atoms with Gasteiger partial charge in [0.1, 0.15) is 0 Å². The van der Waals surface area contributed by atoms with Gasteiger partial charge in [-0.15, -0.1) is 0 Å². The Morgan fingerprint density at radius 2 is 2.13 bits per heavy atom. The van der Waals surface area contributed by atoms with Crippen LogP contribution in [0.2, 0.25) is 0 Å². The highest BCUT2D eigenvalue weighted by Gasteiger charge is 2.32. The topological polar surface area (TPSA) is 43.8 Å². The third kappa shape index (κ3) is 3.18. The Morgan fingerprint density at radius 1 is 1.53 bits per heavy atom. The van der Waals surface area contributed by atoms with Crippen molar-refractivity contribution in [2.45, 2.75) is 19.9 Å². The maximum Gasteiger partial charge on any atom is 0.307 e. The van der Waals surface area contributed by atoms with Crippen LogP contribution >= 0.6 is 0 Å². The number of aliphatic carboxylic acids is 1. The molecule has 1 fully saturated rings. The molecule has 0 amide bonds. The summed E-state index contributed by atoms with van der Waals surface area (Å²) >= 11 is 0. The van der Waals surface area contributed by atoms with Crippen LogP contribution in [0.5, 0.6) is 0 Å². The van der Waals surface area contributed by atoms with Crippen LogP contribution in [0.25, 0.3) is 0 Å². The van der Waals surface area contributed by atoms with E-state index in [-0.39, 0.29) is 5.92 Å². The second-order valence-corrected chi connectivity index (χ2v) is 4.97. The van der Waals surface area contributed by atoms with Crippen LogP contribution in [0.4, 0.5) is 0 Å². The molecule has 4 nitrogen and oxygen atoms in total. The molecule has 3 unspecified atom stereocenters. The molecule has 0 radical (unpaired) electrons. The first-order chi connectivity index (χ1) is 6.91. The van der Waals surface area contributed by atoms with E-state index in [0.717, 1.165) is 13.1 Å². The Morgan fingerprint density at radius 3 is 2.53 bits per heavy atom. The predicted molar refractivity (Wildman–Crippen MR) is 59.9 cm³/mol. The van der Waals surface area contributed by atoms with Gasteiger partial charge < -0.3 is 14.9 Å². The molecule has 0 bridgehead atoms. The molecule has 15 heavy (non-hydrogen) atoms. The molecule has 1 aliphatic rings. The monoisotopic (exact) mass is 214 g/mol. The highest BCUT2D eigenvalue weighted by molar-refractivity contribution is 5.69. The van der Waals surface area contributed by atoms with Gasteiger partial charge in [-0.2, -0.15) is 0 Å². The van der Waals surface area contributed by atoms with Gasteiger partial charge in [-0.3, -0.25) is 4.79 Å². The summed E-state index contributed by atoms with van der Waals surface area (Å²) in [6.07, 6.45) is 0. The van der Waals surface area contributed by atoms with Crippen LogP contribution in [0.1, 0.15) is 13.8 Å². The maximum absolute atomic E-state index is 10.7. The fourth-order valence-corrected chi connectivity index (χ4v) is 2.33. The summed E-state index contributed by atoms with van der Waals surface area (Å²) < 4.78 is 0. The van der Waals surface area contributed by atoms with Crippen LogP contribution in [-0.4, -0.2) is 60.6 Å². The first-order valence-electron chi connectivity index (χ1n) is 5.53. The minimum atomic E-state index is -0.698. The molecule has 0 saturated carbocycles. The summed E-state index contributed by atoms with van der Waals surface area (Å²) in [5.74, 6) is -0.338. The fraction of sp³-hybridized carbons (Fsp3) is 0.909. The number of likely N-dealkylation sites (tertiary alicyclic amines) is 1. The van der Waals surface area contributed by atoms with Gasteiger partial charge in [0.05, 0.1) is 5.92 Å². The highest BCUT2D eigenvalue weighted by Crippen LogP contribution is 2.20. The zero-order valence-corrected chi connectivity index (χ0v) is 10.1. The third-order valence-electron chi connectivity index (χ3n) is 3.27. The molecule has 1 heterocycles. The van der Waals surface area contributed by atoms with Gasteiger partial charge in [0.2, 0.25) is 0 Å². The van der Waals surface area contributed by atoms with Crippen LogP contribution in [0, 0.1) is 11.8 Å². The molecule has 1 rings (SSSR count). The van der Waals surface area contributed by atoms with E-state index in [1.165, 1.54) is 0 Å². The lowest BCUT2D eigenvalue weighted by atomic mass is 10.1. The average molecular weight is 214 g/mol. The van der Waals surface area contributed by atoms with Crippen molar-refractivity contribution in [3.63, 3.8) is 0 Å². The van der Waals surface area contributed by atoms with Gasteiger partial charge in [-0.25, -0.2) is 0 Å². The fourth-order valence-electron chi connectivity index (χ4n) is 2.33. The molecule has 1 saturated heterocycles. The molecule has 1 aliphatic heterocycles. The summed E-state index contributed by atoms with van der Waals surface area (Å²) in [5.41, 5.74) is 0. The zero-order chi connectivity index (χ0) is 11.6. The van der Waals surface area contributed by atoms with Crippen molar-refractivity contribution in [3.8, 4) is 0 Å². The molecular formula is C11H22N2O2. The van der Waals surface area contributed by atoms with Crippen molar-refractivity contribution in [1.29, 1.82) is 0 Å². The van der Waals surface area contributed by atoms with Gasteiger partial charge >= 0.3 is 5.97 Å². The molecule has 0 aromatic rings. The van der Waals surface area contributed by atoms with E-state index in [9.17, 15) is 4.79 Å². The molecule has 0 aromatic carbocycles. The number of carboxylic acid groups (broad SMARTS) is 1. The number of carboxylic acids is 1. The quantitative estimate of drug-likeness (QED) is 0.744. The number of hydrogen-bond acceptors (Lipinski definition) is 3. The van der Waals surface area contributed by atoms with Gasteiger partial charge in [0, 0.05) is 25.7 Å². The second-order valence-electron chi connectivity index (χ2n) is 4.97. The van der Waals surface area contributed by atoms with Crippen LogP contribution in [0.3, 0.4) is 0 Å². The van der Waals surface area contributed by atoms with Crippen molar-refractivity contribution in [2.24, 2.45) is 11.8 Å². The Balaban J connectivity index is 2.45. The SMILES string of the molecule is CC(CN1CC(C)C(N(C)C)C1)C(=O)O. The van der Waals surface area contributed by atoms with Gasteiger partial charge in [-0.05, 0) is 20.0 Å². The average Bonchev–Trinajstić information content (AvgIpc) is 2.46. The van der Waals surface area contributed by atoms with E-state index in [1.807, 2.05) is 0 Å². The number of likely N-dealkylation sites (N-methyl/N-ethyl adjacent to an activating group) is 1. The molecule has 3 atom stereocenters. The van der Waals surface area contributed by atoms with E-state index in [1.54, 1.807) is 6.92 Å². The first kappa shape index (κ1) is 12.5. The van der Waals surface area contributed by atoms with Crippen molar-refractivity contribution in [3.05, 3.63) is 0 Å². The number of hydrogen-bond donors (Lipinski definition) is 1. The summed E-state index contributed by atoms with van der Waals surface area (Å²) in [7, 11) is 4.18. The number of nitrogens with zero attached hydrogens (tertiary/aromatic N) is 2. The van der Waals surface area contributed by atoms with Crippen LogP contribution in [-0.2, 0) is 4.79 Å². The van der Waals surface area contributed by atoms with E-state index < -0.39 is 5.97 Å². The van der Waals surface area contributed by atoms with Crippen molar-refractivity contribution < 1.29 is 9.90 Å². The van der Waals surface area contributed by atoms with Gasteiger partial charge in [-0.1, -0.05) is 13.8 Å². The molecule has 0 aliphatic carbocycles. The van der Waals surface area contributed by atoms with E-state index in [2.05, 4.69) is 30.8 Å². The number of carbonyl (C=O) groups is 1. The number of rotatable bonds is 4. The van der Waals surface area contributed by atoms with Crippen LogP contribution < -0.4 is 0 Å². The van der Waals surface area contributed by atoms with Crippen molar-refractivity contribution in [2.75, 3.05) is 33.7 Å². The van der Waals surface area contributed by atoms with E-state index >= 15 is 0 Å². The summed E-state index contributed by atoms with van der Waals surface area (Å²) in [4.78, 5) is 15.2. The van der Waals surface area contributed by atoms with Crippen molar-refractivity contribution >= 4 is 5.97 Å². The Kier molecular flexibility index (Phi) is 4.11. The summed E-state index contributed by atoms with van der Waals surface area (Å²) in [5, 5.41) is 8.85. The smallest absolute Gasteiger partial charge is 0.307 e. The summed E-state index contributed by atoms with van der Waals surface area (Å²) in [6, 6.07) is 0.561. The van der Waals surface area contributed by atoms with Crippen LogP contribution in [0.15, 0.2) is 0 Å². The Bertz CT molecular complexity index is 231. The summed E-state index contributed by atoms with van der Waals surface area (Å²) in [6.45, 7) is 6.68. The van der Waals surface area contributed by atoms with Crippen molar-refractivity contribution in [1.82, 2.24) is 9.80 Å². The molecule has 0 spiro atoms. The maximum atomic E-state index is 10.7. The Labute approximate surface area is 91.9 Å². The second kappa shape index (κ2) is 4.94. The molecule has 0 aromatic heterocycles. The van der Waals surface area contributed by atoms with Gasteiger partial charge in [0.25, 0.3) is 0 Å². The molecular weight excluding hydrogens is 192 g/mol. The lowest BCUT2D eigenvalue weighted by molar-refractivity contribution is -0.141. The minimum absolute atomic E-state index is 0.266. The Hall–Kier alpha value is -0.610. The normalized spacial score (nSPS) is 29.7. The lowest BCUT2D eigenvalue weighted by Crippen LogP contribution is -2.35. The lowest BCUT2D eigenvalue weighted by Gasteiger charge is -2.23. The standard InChI is InChI=1S/C11H22N2O2/c1-8-5-13(6-9(2)11(14)15)7-10(8)12(3)4/h8-10H,5-7H2,1-4H3,(H,14,15). The first-order valence-corrected chi connectivity index (χ1v) is 5.53. The van der Waals surface area contributed by atoms with E-state index in [4.69, 9.17) is 5.11 Å². The third-order valence-corrected chi connectivity index (χ3v) is 3.27. The molecule has 88 valence electrons. The van der Waals surface area contributed by atoms with E-state index in [0.29, 0.717) is 18.5 Å². The molecule has 4 heteroatoms.